The number of imidazole rings is 1. The minimum atomic E-state index is -1.38. The molecule has 0 unspecified atom stereocenters. The second-order valence-corrected chi connectivity index (χ2v) is 16.9. The lowest BCUT2D eigenvalue weighted by Crippen LogP contribution is -2.60. The number of aromatic nitrogens is 4. The highest BCUT2D eigenvalue weighted by Gasteiger charge is 2.34. The number of aliphatic carboxylic acids is 1. The van der Waals surface area contributed by atoms with Gasteiger partial charge in [0.15, 0.2) is 0 Å². The number of nitrogens with one attached hydrogen (secondary N) is 8. The number of nitrogens with two attached hydrogens (primary N) is 2. The fourth-order valence-corrected chi connectivity index (χ4v) is 7.50. The van der Waals surface area contributed by atoms with Crippen molar-refractivity contribution in [2.24, 2.45) is 23.3 Å². The quantitative estimate of drug-likeness (QED) is 0.0425. The number of carboxylic acids is 1. The SMILES string of the molecule is CC(C)C[C@H](NC(=O)[C@H](CCC(N)=O)NC(=O)[C@H](CC(C)C)NC(=O)[C@H](Cc1c[nH]c2ccccc12)NC(=O)[C@@H](Cc1cnc[nH]1)NC(=O)[C@H](N)Cc1c[nH]c2ccccc12)C(=O)O. The third-order valence-electron chi connectivity index (χ3n) is 10.8. The number of hydrogen-bond acceptors (Lipinski definition) is 9. The number of carbonyl (C=O) groups is 7. The van der Waals surface area contributed by atoms with Crippen LogP contribution in [0, 0.1) is 11.8 Å². The van der Waals surface area contributed by atoms with Crippen molar-refractivity contribution in [3.05, 3.63) is 90.3 Å². The molecule has 0 radical (unpaired) electrons. The van der Waals surface area contributed by atoms with Crippen molar-refractivity contribution in [1.29, 1.82) is 0 Å². The number of amides is 6. The molecule has 0 bridgehead atoms. The van der Waals surface area contributed by atoms with E-state index in [4.69, 9.17) is 11.5 Å². The largest absolute Gasteiger partial charge is 0.480 e. The van der Waals surface area contributed by atoms with Gasteiger partial charge in [0.25, 0.3) is 0 Å². The first-order valence-corrected chi connectivity index (χ1v) is 21.3. The second kappa shape index (κ2) is 22.4. The van der Waals surface area contributed by atoms with Gasteiger partial charge in [0.1, 0.15) is 30.2 Å². The highest BCUT2D eigenvalue weighted by Crippen LogP contribution is 2.21. The molecular weight excluding hydrogens is 823 g/mol. The van der Waals surface area contributed by atoms with E-state index >= 15 is 0 Å². The van der Waals surface area contributed by atoms with Crippen LogP contribution in [0.2, 0.25) is 0 Å². The number of H-pyrrole nitrogens is 3. The molecule has 0 aliphatic carbocycles. The first-order chi connectivity index (χ1) is 30.5. The van der Waals surface area contributed by atoms with Gasteiger partial charge in [0.2, 0.25) is 35.4 Å². The topological polar surface area (TPSA) is 312 Å². The zero-order valence-corrected chi connectivity index (χ0v) is 36.4. The van der Waals surface area contributed by atoms with Gasteiger partial charge < -0.3 is 58.1 Å². The van der Waals surface area contributed by atoms with Gasteiger partial charge in [-0.25, -0.2) is 9.78 Å². The predicted octanol–water partition coefficient (Wildman–Crippen LogP) is 1.59. The third kappa shape index (κ3) is 13.5. The van der Waals surface area contributed by atoms with Crippen LogP contribution in [0.25, 0.3) is 21.8 Å². The number of carboxylic acid groups (broad SMARTS) is 1. The molecule has 0 aliphatic rings. The van der Waals surface area contributed by atoms with Crippen molar-refractivity contribution < 1.29 is 38.7 Å². The van der Waals surface area contributed by atoms with Crippen molar-refractivity contribution in [3.63, 3.8) is 0 Å². The molecule has 0 spiro atoms. The fourth-order valence-electron chi connectivity index (χ4n) is 7.50. The molecule has 0 aliphatic heterocycles. The Morgan fingerprint density at radius 3 is 1.62 bits per heavy atom. The number of primary amides is 1. The monoisotopic (exact) mass is 881 g/mol. The molecule has 6 atom stereocenters. The summed E-state index contributed by atoms with van der Waals surface area (Å²) in [4.78, 5) is 107. The molecule has 5 rings (SSSR count). The maximum absolute atomic E-state index is 14.5. The van der Waals surface area contributed by atoms with E-state index in [-0.39, 0.29) is 56.8 Å². The summed E-state index contributed by atoms with van der Waals surface area (Å²) in [5, 5.41) is 24.9. The van der Waals surface area contributed by atoms with Crippen LogP contribution in [0.5, 0.6) is 0 Å². The number of benzene rings is 2. The van der Waals surface area contributed by atoms with Crippen LogP contribution >= 0.6 is 0 Å². The van der Waals surface area contributed by atoms with Crippen molar-refractivity contribution in [1.82, 2.24) is 46.5 Å². The molecule has 0 saturated carbocycles. The highest BCUT2D eigenvalue weighted by atomic mass is 16.4. The number of fused-ring (bicyclic) bond motifs is 2. The first-order valence-electron chi connectivity index (χ1n) is 21.3. The Kier molecular flexibility index (Phi) is 16.8. The smallest absolute Gasteiger partial charge is 0.326 e. The van der Waals surface area contributed by atoms with Gasteiger partial charge in [0, 0.05) is 65.4 Å². The first kappa shape index (κ1) is 48.0. The van der Waals surface area contributed by atoms with E-state index in [0.717, 1.165) is 27.4 Å². The second-order valence-electron chi connectivity index (χ2n) is 16.9. The molecule has 5 aromatic rings. The molecule has 2 aromatic carbocycles. The molecule has 3 aromatic heterocycles. The molecule has 342 valence electrons. The van der Waals surface area contributed by atoms with Gasteiger partial charge in [-0.1, -0.05) is 64.1 Å². The summed E-state index contributed by atoms with van der Waals surface area (Å²) in [6.07, 6.45) is 6.19. The number of hydrogen-bond donors (Lipinski definition) is 11. The minimum Gasteiger partial charge on any atom is -0.480 e. The Morgan fingerprint density at radius 2 is 1.08 bits per heavy atom. The van der Waals surface area contributed by atoms with E-state index in [2.05, 4.69) is 46.5 Å². The molecule has 6 amide bonds. The van der Waals surface area contributed by atoms with Gasteiger partial charge in [-0.15, -0.1) is 0 Å². The summed E-state index contributed by atoms with van der Waals surface area (Å²) in [5.41, 5.74) is 15.5. The van der Waals surface area contributed by atoms with E-state index in [1.54, 1.807) is 26.2 Å². The molecule has 64 heavy (non-hydrogen) atoms. The van der Waals surface area contributed by atoms with Crippen LogP contribution < -0.4 is 38.1 Å². The summed E-state index contributed by atoms with van der Waals surface area (Å²) in [7, 11) is 0. The van der Waals surface area contributed by atoms with Crippen molar-refractivity contribution in [2.45, 2.75) is 109 Å². The fraction of sp³-hybridized carbons (Fsp3) is 0.422. The maximum atomic E-state index is 14.5. The third-order valence-corrected chi connectivity index (χ3v) is 10.8. The van der Waals surface area contributed by atoms with Crippen LogP contribution in [-0.2, 0) is 52.8 Å². The van der Waals surface area contributed by atoms with Crippen LogP contribution in [0.1, 0.15) is 70.2 Å². The van der Waals surface area contributed by atoms with Gasteiger partial charge >= 0.3 is 5.97 Å². The molecule has 19 heteroatoms. The summed E-state index contributed by atoms with van der Waals surface area (Å²) in [6.45, 7) is 7.23. The zero-order valence-electron chi connectivity index (χ0n) is 36.4. The average molecular weight is 882 g/mol. The lowest BCUT2D eigenvalue weighted by molar-refractivity contribution is -0.143. The number of aromatic amines is 3. The maximum Gasteiger partial charge on any atom is 0.326 e. The summed E-state index contributed by atoms with van der Waals surface area (Å²) in [6, 6.07) is 7.50. The lowest BCUT2D eigenvalue weighted by atomic mass is 9.99. The van der Waals surface area contributed by atoms with Crippen LogP contribution in [0.15, 0.2) is 73.4 Å². The highest BCUT2D eigenvalue weighted by molar-refractivity contribution is 5.97. The minimum absolute atomic E-state index is 0.0359. The predicted molar refractivity (Wildman–Crippen MR) is 239 cm³/mol. The van der Waals surface area contributed by atoms with Gasteiger partial charge in [-0.2, -0.15) is 0 Å². The Morgan fingerprint density at radius 1 is 0.609 bits per heavy atom. The molecule has 3 heterocycles. The van der Waals surface area contributed by atoms with Gasteiger partial charge in [-0.3, -0.25) is 28.8 Å². The number of rotatable bonds is 24. The van der Waals surface area contributed by atoms with E-state index in [0.29, 0.717) is 11.3 Å². The molecule has 19 nitrogen and oxygen atoms in total. The number of carbonyl (C=O) groups excluding carboxylic acids is 6. The number of nitrogens with zero attached hydrogens (tertiary/aromatic N) is 1. The van der Waals surface area contributed by atoms with E-state index in [1.807, 2.05) is 62.4 Å². The van der Waals surface area contributed by atoms with Gasteiger partial charge in [0.05, 0.1) is 12.4 Å². The zero-order chi connectivity index (χ0) is 46.5. The van der Waals surface area contributed by atoms with Crippen molar-refractivity contribution >= 4 is 63.2 Å². The van der Waals surface area contributed by atoms with E-state index < -0.39 is 77.7 Å². The van der Waals surface area contributed by atoms with Crippen LogP contribution in [0.3, 0.4) is 0 Å². The van der Waals surface area contributed by atoms with Crippen LogP contribution in [-0.4, -0.2) is 103 Å². The average Bonchev–Trinajstić information content (AvgIpc) is 4.01. The normalized spacial score (nSPS) is 14.3. The Labute approximate surface area is 370 Å². The Hall–Kier alpha value is -7.02. The molecule has 0 fully saturated rings. The lowest BCUT2D eigenvalue weighted by Gasteiger charge is -2.28. The molecular formula is C45H59N11O8. The van der Waals surface area contributed by atoms with E-state index in [9.17, 15) is 38.7 Å². The number of para-hydroxylation sites is 2. The molecule has 13 N–H and O–H groups in total. The van der Waals surface area contributed by atoms with E-state index in [1.165, 1.54) is 12.5 Å². The Balaban J connectivity index is 1.39. The summed E-state index contributed by atoms with van der Waals surface area (Å²) < 4.78 is 0. The summed E-state index contributed by atoms with van der Waals surface area (Å²) in [5.74, 6) is -5.96. The Bertz CT molecular complexity index is 2410. The van der Waals surface area contributed by atoms with Gasteiger partial charge in [-0.05, 0) is 60.8 Å². The molecule has 0 saturated heterocycles. The van der Waals surface area contributed by atoms with Crippen molar-refractivity contribution in [2.75, 3.05) is 0 Å². The summed E-state index contributed by atoms with van der Waals surface area (Å²) >= 11 is 0. The van der Waals surface area contributed by atoms with Crippen LogP contribution in [0.4, 0.5) is 0 Å². The van der Waals surface area contributed by atoms with Crippen molar-refractivity contribution in [3.8, 4) is 0 Å². The standard InChI is InChI=1S/C45H59N11O8/c1-24(2)15-35(42(60)52-34(13-14-39(47)57)41(59)56-38(45(63)64)16-25(3)4)54-43(61)36(18-27-21-50-33-12-8-6-10-30(27)33)55-44(62)37(19-28-22-48-23-51-28)53-40(58)31(46)17-26-20-49-32-11-7-5-9-29(26)32/h5-12,20-25,31,34-38,49-50H,13-19,46H2,1-4H3,(H2,47,57)(H,48,51)(H,52,60)(H,53,58)(H,54,61)(H,55,62)(H,56,59)(H,63,64)/t31-,34+,35+,36+,37-,38+/m1/s1.